The second-order valence-corrected chi connectivity index (χ2v) is 11.3. The topological polar surface area (TPSA) is 208 Å². The Balaban J connectivity index is 1.60. The van der Waals surface area contributed by atoms with Gasteiger partial charge in [-0.05, 0) is 37.1 Å². The molecule has 2 amide bonds. The number of amides is 2. The van der Waals surface area contributed by atoms with Crippen LogP contribution in [-0.4, -0.2) is 78.5 Å². The van der Waals surface area contributed by atoms with Gasteiger partial charge in [0.15, 0.2) is 0 Å². The van der Waals surface area contributed by atoms with E-state index >= 15 is 0 Å². The first kappa shape index (κ1) is 31.1. The molecule has 0 saturated carbocycles. The van der Waals surface area contributed by atoms with Gasteiger partial charge in [-0.1, -0.05) is 41.9 Å². The van der Waals surface area contributed by atoms with Gasteiger partial charge in [0.25, 0.3) is 5.91 Å². The molecule has 7 N–H and O–H groups in total. The van der Waals surface area contributed by atoms with E-state index in [2.05, 4.69) is 16.2 Å². The number of sulfonamides is 1. The van der Waals surface area contributed by atoms with Gasteiger partial charge in [0, 0.05) is 30.5 Å². The zero-order valence-corrected chi connectivity index (χ0v) is 22.9. The van der Waals surface area contributed by atoms with Crippen LogP contribution in [0, 0.1) is 0 Å². The fraction of sp³-hybridized carbons (Fsp3) is 0.360. The molecule has 2 aromatic rings. The lowest BCUT2D eigenvalue weighted by Crippen LogP contribution is -2.52. The fourth-order valence-electron chi connectivity index (χ4n) is 4.41. The van der Waals surface area contributed by atoms with Gasteiger partial charge in [-0.3, -0.25) is 20.3 Å². The van der Waals surface area contributed by atoms with Gasteiger partial charge < -0.3 is 19.9 Å². The van der Waals surface area contributed by atoms with Crippen molar-refractivity contribution < 1.29 is 37.8 Å². The first-order valence-corrected chi connectivity index (χ1v) is 14.1. The average Bonchev–Trinajstić information content (AvgIpc) is 3.34. The Bertz CT molecular complexity index is 1360. The second-order valence-electron chi connectivity index (χ2n) is 9.36. The highest BCUT2D eigenvalue weighted by Gasteiger charge is 2.41. The summed E-state index contributed by atoms with van der Waals surface area (Å²) < 4.78 is 23.3. The molecule has 0 aliphatic carbocycles. The lowest BCUT2D eigenvalue weighted by molar-refractivity contribution is -0.149. The molecule has 1 saturated heterocycles. The SMILES string of the molecule is C[C@H](N[C@@H](O)CC(C=O)c1ccccc1)C(=O)N1CC(NNC(=O)c2ccc(Cl)c(S(N)(=O)=O)c2)C[C@H]1C(=O)O. The Morgan fingerprint density at radius 1 is 1.20 bits per heavy atom. The highest BCUT2D eigenvalue weighted by Crippen LogP contribution is 2.23. The number of benzene rings is 2. The average molecular weight is 596 g/mol. The molecular weight excluding hydrogens is 566 g/mol. The fourth-order valence-corrected chi connectivity index (χ4v) is 5.48. The number of carboxylic acids is 1. The third-order valence-electron chi connectivity index (χ3n) is 6.44. The number of nitrogens with zero attached hydrogens (tertiary/aromatic N) is 1. The van der Waals surface area contributed by atoms with Crippen molar-refractivity contribution in [1.82, 2.24) is 21.1 Å². The maximum Gasteiger partial charge on any atom is 0.326 e. The number of aliphatic carboxylic acids is 1. The van der Waals surface area contributed by atoms with E-state index < -0.39 is 63.0 Å². The van der Waals surface area contributed by atoms with Crippen LogP contribution in [-0.2, 0) is 24.4 Å². The molecule has 1 fully saturated rings. The zero-order valence-electron chi connectivity index (χ0n) is 21.4. The smallest absolute Gasteiger partial charge is 0.326 e. The van der Waals surface area contributed by atoms with Crippen LogP contribution in [0.5, 0.6) is 0 Å². The number of carbonyl (C=O) groups is 4. The van der Waals surface area contributed by atoms with Crippen LogP contribution in [0.1, 0.15) is 41.6 Å². The number of halogens is 1. The van der Waals surface area contributed by atoms with Crippen LogP contribution < -0.4 is 21.3 Å². The van der Waals surface area contributed by atoms with Crippen LogP contribution in [0.3, 0.4) is 0 Å². The largest absolute Gasteiger partial charge is 0.480 e. The molecule has 2 unspecified atom stereocenters. The minimum atomic E-state index is -4.18. The number of aliphatic hydroxyl groups is 1. The van der Waals surface area contributed by atoms with Crippen LogP contribution in [0.25, 0.3) is 0 Å². The maximum absolute atomic E-state index is 13.1. The third kappa shape index (κ3) is 7.84. The molecule has 1 heterocycles. The van der Waals surface area contributed by atoms with E-state index in [4.69, 9.17) is 16.7 Å². The Hall–Kier alpha value is -3.40. The van der Waals surface area contributed by atoms with E-state index in [9.17, 15) is 37.8 Å². The van der Waals surface area contributed by atoms with Crippen molar-refractivity contribution in [2.45, 2.75) is 54.9 Å². The number of primary sulfonamides is 1. The van der Waals surface area contributed by atoms with Crippen molar-refractivity contribution in [3.05, 3.63) is 64.7 Å². The number of hydrogen-bond donors (Lipinski definition) is 6. The highest BCUT2D eigenvalue weighted by atomic mass is 35.5. The summed E-state index contributed by atoms with van der Waals surface area (Å²) in [5.74, 6) is -3.19. The number of likely N-dealkylation sites (tertiary alicyclic amines) is 1. The lowest BCUT2D eigenvalue weighted by Gasteiger charge is -2.27. The normalized spacial score (nSPS) is 19.4. The van der Waals surface area contributed by atoms with Crippen molar-refractivity contribution in [1.29, 1.82) is 0 Å². The molecular formula is C25H30ClN5O8S. The Labute approximate surface area is 235 Å². The summed E-state index contributed by atoms with van der Waals surface area (Å²) in [5, 5.41) is 27.8. The number of carbonyl (C=O) groups excluding carboxylic acids is 3. The number of nitrogens with two attached hydrogens (primary N) is 1. The van der Waals surface area contributed by atoms with E-state index in [1.165, 1.54) is 19.1 Å². The Morgan fingerprint density at radius 3 is 2.48 bits per heavy atom. The molecule has 0 bridgehead atoms. The van der Waals surface area contributed by atoms with Gasteiger partial charge in [-0.25, -0.2) is 23.8 Å². The van der Waals surface area contributed by atoms with Crippen LogP contribution in [0.15, 0.2) is 53.4 Å². The molecule has 3 rings (SSSR count). The molecule has 1 aliphatic heterocycles. The summed E-state index contributed by atoms with van der Waals surface area (Å²) in [6.45, 7) is 1.39. The van der Waals surface area contributed by atoms with E-state index in [0.29, 0.717) is 11.8 Å². The molecule has 2 aromatic carbocycles. The molecule has 13 nitrogen and oxygen atoms in total. The van der Waals surface area contributed by atoms with Crippen LogP contribution in [0.2, 0.25) is 5.02 Å². The van der Waals surface area contributed by atoms with Gasteiger partial charge >= 0.3 is 5.97 Å². The summed E-state index contributed by atoms with van der Waals surface area (Å²) in [6, 6.07) is 9.46. The molecule has 0 spiro atoms. The van der Waals surface area contributed by atoms with E-state index in [-0.39, 0.29) is 30.0 Å². The molecule has 5 atom stereocenters. The van der Waals surface area contributed by atoms with Crippen LogP contribution in [0.4, 0.5) is 0 Å². The number of carboxylic acid groups (broad SMARTS) is 1. The summed E-state index contributed by atoms with van der Waals surface area (Å²) >= 11 is 5.84. The lowest BCUT2D eigenvalue weighted by atomic mass is 9.96. The van der Waals surface area contributed by atoms with Crippen molar-refractivity contribution in [3.8, 4) is 0 Å². The molecule has 0 radical (unpaired) electrons. The third-order valence-corrected chi connectivity index (χ3v) is 7.83. The zero-order chi connectivity index (χ0) is 29.6. The predicted molar refractivity (Wildman–Crippen MR) is 143 cm³/mol. The maximum atomic E-state index is 13.1. The number of aldehydes is 1. The van der Waals surface area contributed by atoms with Crippen molar-refractivity contribution in [2.75, 3.05) is 6.54 Å². The van der Waals surface area contributed by atoms with E-state index in [1.807, 2.05) is 0 Å². The minimum absolute atomic E-state index is 0.00156. The Kier molecular flexibility index (Phi) is 10.4. The van der Waals surface area contributed by atoms with Crippen molar-refractivity contribution in [3.63, 3.8) is 0 Å². The van der Waals surface area contributed by atoms with Crippen molar-refractivity contribution in [2.24, 2.45) is 5.14 Å². The molecule has 40 heavy (non-hydrogen) atoms. The van der Waals surface area contributed by atoms with Gasteiger partial charge in [0.05, 0.1) is 11.1 Å². The predicted octanol–water partition coefficient (Wildman–Crippen LogP) is -0.0548. The monoisotopic (exact) mass is 595 g/mol. The number of aliphatic hydroxyl groups excluding tert-OH is 1. The highest BCUT2D eigenvalue weighted by molar-refractivity contribution is 7.89. The molecule has 15 heteroatoms. The van der Waals surface area contributed by atoms with Crippen LogP contribution >= 0.6 is 11.6 Å². The number of hydrazine groups is 1. The Morgan fingerprint density at radius 2 is 1.88 bits per heavy atom. The minimum Gasteiger partial charge on any atom is -0.480 e. The summed E-state index contributed by atoms with van der Waals surface area (Å²) in [4.78, 5) is 49.8. The quantitative estimate of drug-likeness (QED) is 0.109. The number of nitrogens with one attached hydrogen (secondary N) is 3. The standard InChI is InChI=1S/C25H30ClN5O8S/c1-14(28-22(33)10-17(13-32)15-5-3-2-4-6-15)24(35)31-12-18(11-20(31)25(36)37)29-30-23(34)16-7-8-19(26)21(9-16)40(27,38)39/h2-9,13-14,17-18,20,22,28-29,33H,10-12H2,1H3,(H,30,34)(H,36,37)(H2,27,38,39)/t14-,17?,18?,20-,22-/m0/s1. The second kappa shape index (κ2) is 13.3. The number of hydrogen-bond acceptors (Lipinski definition) is 9. The van der Waals surface area contributed by atoms with Gasteiger partial charge in [0.1, 0.15) is 23.5 Å². The first-order valence-electron chi connectivity index (χ1n) is 12.2. The molecule has 216 valence electrons. The van der Waals surface area contributed by atoms with Gasteiger partial charge in [0.2, 0.25) is 15.9 Å². The summed E-state index contributed by atoms with van der Waals surface area (Å²) in [6.07, 6.45) is -0.560. The first-order chi connectivity index (χ1) is 18.8. The molecule has 0 aromatic heterocycles. The van der Waals surface area contributed by atoms with E-state index in [0.717, 1.165) is 11.0 Å². The van der Waals surface area contributed by atoms with Gasteiger partial charge in [-0.15, -0.1) is 0 Å². The molecule has 1 aliphatic rings. The van der Waals surface area contributed by atoms with E-state index in [1.54, 1.807) is 30.3 Å². The number of rotatable bonds is 12. The van der Waals surface area contributed by atoms with Gasteiger partial charge in [-0.2, -0.15) is 0 Å². The summed E-state index contributed by atoms with van der Waals surface area (Å²) in [5.41, 5.74) is 5.69. The van der Waals surface area contributed by atoms with Crippen molar-refractivity contribution >= 4 is 45.7 Å². The summed E-state index contributed by atoms with van der Waals surface area (Å²) in [7, 11) is -4.18.